The predicted molar refractivity (Wildman–Crippen MR) is 62.8 cm³/mol. The molecule has 0 saturated heterocycles. The number of hydrazine groups is 1. The van der Waals surface area contributed by atoms with E-state index in [-0.39, 0.29) is 0 Å². The molecule has 13 heteroatoms. The maximum Gasteiger partial charge on any atom is 0.454 e. The summed E-state index contributed by atoms with van der Waals surface area (Å²) in [4.78, 5) is 23.6. The molecule has 0 spiro atoms. The third-order valence-corrected chi connectivity index (χ3v) is 2.16. The lowest BCUT2D eigenvalue weighted by Gasteiger charge is -2.15. The monoisotopic (exact) mass is 344 g/mol. The number of carbonyl (C=O) groups is 1. The fraction of sp³-hybridized carbons (Fsp3) is 0.200. The minimum absolute atomic E-state index is 0.688. The van der Waals surface area contributed by atoms with Crippen molar-refractivity contribution in [2.75, 3.05) is 5.43 Å². The maximum atomic E-state index is 12.6. The Kier molecular flexibility index (Phi) is 5.14. The number of hydrogen-bond acceptors (Lipinski definition) is 6. The molecule has 0 bridgehead atoms. The molecule has 0 aliphatic rings. The zero-order valence-electron chi connectivity index (χ0n) is 10.7. The molecule has 23 heavy (non-hydrogen) atoms. The Balaban J connectivity index is 3.04. The minimum Gasteiger partial charge on any atom is -0.295 e. The van der Waals surface area contributed by atoms with Gasteiger partial charge in [0.15, 0.2) is 0 Å². The molecule has 126 valence electrons. The molecule has 0 saturated carbocycles. The number of halogens is 6. The van der Waals surface area contributed by atoms with Crippen LogP contribution >= 0.6 is 0 Å². The number of pyridine rings is 1. The van der Waals surface area contributed by atoms with Crippen molar-refractivity contribution in [1.29, 1.82) is 0 Å². The minimum atomic E-state index is -5.50. The zero-order valence-corrected chi connectivity index (χ0v) is 10.7. The van der Waals surface area contributed by atoms with Gasteiger partial charge in [0.1, 0.15) is 5.70 Å². The Morgan fingerprint density at radius 2 is 1.83 bits per heavy atom. The second kappa shape index (κ2) is 6.50. The molecule has 0 radical (unpaired) electrons. The zero-order chi connectivity index (χ0) is 17.8. The average Bonchev–Trinajstić information content (AvgIpc) is 2.40. The quantitative estimate of drug-likeness (QED) is 0.369. The number of carbonyl (C=O) groups excluding carboxylic acids is 1. The fourth-order valence-electron chi connectivity index (χ4n) is 1.17. The Hall–Kier alpha value is -2.86. The molecule has 0 atom stereocenters. The van der Waals surface area contributed by atoms with Crippen molar-refractivity contribution in [2.24, 2.45) is 0 Å². The van der Waals surface area contributed by atoms with Crippen LogP contribution in [-0.2, 0) is 4.79 Å². The van der Waals surface area contributed by atoms with Crippen molar-refractivity contribution in [3.05, 3.63) is 40.2 Å². The highest BCUT2D eigenvalue weighted by Gasteiger charge is 2.41. The Bertz CT molecular complexity index is 640. The third-order valence-electron chi connectivity index (χ3n) is 2.16. The van der Waals surface area contributed by atoms with E-state index in [2.05, 4.69) is 4.98 Å². The van der Waals surface area contributed by atoms with Gasteiger partial charge in [-0.3, -0.25) is 25.8 Å². The van der Waals surface area contributed by atoms with Gasteiger partial charge in [0.2, 0.25) is 5.82 Å². The molecule has 0 aliphatic carbocycles. The SMILES string of the molecule is O=C(C=C(NNc1ncccc1[N+](=O)[O-])C(F)(F)F)C(F)(F)F. The number of rotatable bonds is 5. The number of allylic oxidation sites excluding steroid dienone is 2. The maximum absolute atomic E-state index is 12.6. The molecule has 1 rings (SSSR count). The van der Waals surface area contributed by atoms with Gasteiger partial charge in [0.05, 0.1) is 4.92 Å². The van der Waals surface area contributed by atoms with Crippen LogP contribution in [0.15, 0.2) is 30.1 Å². The van der Waals surface area contributed by atoms with Crippen LogP contribution in [0.2, 0.25) is 0 Å². The smallest absolute Gasteiger partial charge is 0.295 e. The summed E-state index contributed by atoms with van der Waals surface area (Å²) in [5, 5.41) is 10.6. The van der Waals surface area contributed by atoms with Gasteiger partial charge < -0.3 is 0 Å². The number of anilines is 1. The molecule has 7 nitrogen and oxygen atoms in total. The van der Waals surface area contributed by atoms with Crippen LogP contribution < -0.4 is 10.9 Å². The van der Waals surface area contributed by atoms with Gasteiger partial charge in [0, 0.05) is 18.3 Å². The topological polar surface area (TPSA) is 97.2 Å². The van der Waals surface area contributed by atoms with E-state index in [4.69, 9.17) is 0 Å². The Morgan fingerprint density at radius 1 is 1.22 bits per heavy atom. The number of alkyl halides is 6. The lowest BCUT2D eigenvalue weighted by atomic mass is 10.3. The van der Waals surface area contributed by atoms with Crippen LogP contribution in [0.25, 0.3) is 0 Å². The van der Waals surface area contributed by atoms with Gasteiger partial charge in [-0.05, 0) is 6.07 Å². The van der Waals surface area contributed by atoms with E-state index in [1.165, 1.54) is 5.43 Å². The summed E-state index contributed by atoms with van der Waals surface area (Å²) in [6.07, 6.45) is -10.6. The molecule has 0 amide bonds. The highest BCUT2D eigenvalue weighted by atomic mass is 19.4. The fourth-order valence-corrected chi connectivity index (χ4v) is 1.17. The van der Waals surface area contributed by atoms with Crippen molar-refractivity contribution in [2.45, 2.75) is 12.4 Å². The van der Waals surface area contributed by atoms with Gasteiger partial charge in [-0.25, -0.2) is 4.98 Å². The molecule has 0 aromatic carbocycles. The summed E-state index contributed by atoms with van der Waals surface area (Å²) in [6, 6.07) is 2.02. The van der Waals surface area contributed by atoms with Crippen LogP contribution in [0.3, 0.4) is 0 Å². The van der Waals surface area contributed by atoms with Crippen molar-refractivity contribution >= 4 is 17.3 Å². The highest BCUT2D eigenvalue weighted by molar-refractivity contribution is 5.95. The summed E-state index contributed by atoms with van der Waals surface area (Å²) in [5.41, 5.74) is 0.0899. The van der Waals surface area contributed by atoms with Crippen LogP contribution in [-0.4, -0.2) is 28.0 Å². The van der Waals surface area contributed by atoms with E-state index in [1.54, 1.807) is 5.43 Å². The van der Waals surface area contributed by atoms with E-state index >= 15 is 0 Å². The predicted octanol–water partition coefficient (Wildman–Crippen LogP) is 2.48. The number of ketones is 1. The van der Waals surface area contributed by atoms with Gasteiger partial charge in [0.25, 0.3) is 5.78 Å². The number of nitrogens with one attached hydrogen (secondary N) is 2. The molecule has 1 aromatic heterocycles. The molecule has 1 aromatic rings. The van der Waals surface area contributed by atoms with Gasteiger partial charge >= 0.3 is 18.0 Å². The van der Waals surface area contributed by atoms with Crippen molar-refractivity contribution in [3.63, 3.8) is 0 Å². The molecule has 2 N–H and O–H groups in total. The average molecular weight is 344 g/mol. The van der Waals surface area contributed by atoms with Gasteiger partial charge in [-0.15, -0.1) is 0 Å². The second-order valence-electron chi connectivity index (χ2n) is 3.80. The summed E-state index contributed by atoms with van der Waals surface area (Å²) in [6.45, 7) is 0. The summed E-state index contributed by atoms with van der Waals surface area (Å²) < 4.78 is 73.8. The summed E-state index contributed by atoms with van der Waals surface area (Å²) in [7, 11) is 0. The Morgan fingerprint density at radius 3 is 2.30 bits per heavy atom. The first-order valence-electron chi connectivity index (χ1n) is 5.44. The lowest BCUT2D eigenvalue weighted by Crippen LogP contribution is -2.33. The molecule has 0 unspecified atom stereocenters. The number of nitrogens with zero attached hydrogens (tertiary/aromatic N) is 2. The molecule has 0 fully saturated rings. The number of nitro groups is 1. The summed E-state index contributed by atoms with van der Waals surface area (Å²) in [5.74, 6) is -3.44. The van der Waals surface area contributed by atoms with Crippen LogP contribution in [0.4, 0.5) is 37.8 Å². The first-order valence-corrected chi connectivity index (χ1v) is 5.44. The van der Waals surface area contributed by atoms with Crippen molar-refractivity contribution in [3.8, 4) is 0 Å². The normalized spacial score (nSPS) is 12.7. The largest absolute Gasteiger partial charge is 0.454 e. The second-order valence-corrected chi connectivity index (χ2v) is 3.80. The van der Waals surface area contributed by atoms with E-state index in [9.17, 15) is 41.3 Å². The Labute approximate surface area is 123 Å². The van der Waals surface area contributed by atoms with Crippen LogP contribution in [0.5, 0.6) is 0 Å². The molecular weight excluding hydrogens is 338 g/mol. The number of aromatic nitrogens is 1. The standard InChI is InChI=1S/C10H6F6N4O3/c11-9(12,13)6(4-7(21)10(14,15)16)18-19-8-5(20(22)23)2-1-3-17-8/h1-4,18H,(H,17,19). The van der Waals surface area contributed by atoms with E-state index in [1.807, 2.05) is 0 Å². The van der Waals surface area contributed by atoms with Crippen LogP contribution in [0.1, 0.15) is 0 Å². The molecule has 0 aliphatic heterocycles. The van der Waals surface area contributed by atoms with Gasteiger partial charge in [-0.2, -0.15) is 26.3 Å². The first-order chi connectivity index (χ1) is 10.4. The van der Waals surface area contributed by atoms with Crippen LogP contribution in [0, 0.1) is 10.1 Å². The number of hydrogen-bond donors (Lipinski definition) is 2. The van der Waals surface area contributed by atoms with E-state index in [0.29, 0.717) is 0 Å². The van der Waals surface area contributed by atoms with Crippen molar-refractivity contribution in [1.82, 2.24) is 10.4 Å². The van der Waals surface area contributed by atoms with Gasteiger partial charge in [-0.1, -0.05) is 0 Å². The van der Waals surface area contributed by atoms with Crippen molar-refractivity contribution < 1.29 is 36.1 Å². The van der Waals surface area contributed by atoms with E-state index < -0.39 is 46.3 Å². The molecular formula is C10H6F6N4O3. The first kappa shape index (κ1) is 18.2. The van der Waals surface area contributed by atoms with E-state index in [0.717, 1.165) is 18.3 Å². The molecule has 1 heterocycles. The third kappa shape index (κ3) is 5.12. The highest BCUT2D eigenvalue weighted by Crippen LogP contribution is 2.27. The summed E-state index contributed by atoms with van der Waals surface area (Å²) >= 11 is 0. The lowest BCUT2D eigenvalue weighted by molar-refractivity contribution is -0.384.